The standard InChI is InChI=1S/C15H11ClF3OS/c16-12-8-6-11(7-9-12)14(15(17,18)19)10-21(20)13-4-2-1-3-5-13/h1-10,20H/q+1/b14-10+. The molecule has 6 heteroatoms. The predicted molar refractivity (Wildman–Crippen MR) is 80.2 cm³/mol. The minimum Gasteiger partial charge on any atom is -0.176 e. The Hall–Kier alpha value is -1.43. The molecule has 0 aliphatic rings. The first-order valence-electron chi connectivity index (χ1n) is 5.90. The molecule has 0 spiro atoms. The zero-order chi connectivity index (χ0) is 15.5. The SMILES string of the molecule is O[S+](/C=C(\c1ccc(Cl)cc1)C(F)(F)F)c1ccccc1. The molecule has 0 aromatic heterocycles. The van der Waals surface area contributed by atoms with Gasteiger partial charge < -0.3 is 0 Å². The largest absolute Gasteiger partial charge is 0.421 e. The van der Waals surface area contributed by atoms with Crippen molar-refractivity contribution in [2.24, 2.45) is 0 Å². The third kappa shape index (κ3) is 4.27. The van der Waals surface area contributed by atoms with Crippen molar-refractivity contribution in [3.63, 3.8) is 0 Å². The number of rotatable bonds is 3. The van der Waals surface area contributed by atoms with Crippen LogP contribution in [0.4, 0.5) is 13.2 Å². The van der Waals surface area contributed by atoms with Crippen LogP contribution in [-0.4, -0.2) is 10.7 Å². The Balaban J connectivity index is 2.41. The summed E-state index contributed by atoms with van der Waals surface area (Å²) < 4.78 is 49.5. The molecule has 0 radical (unpaired) electrons. The molecule has 2 aromatic carbocycles. The molecule has 0 aliphatic heterocycles. The van der Waals surface area contributed by atoms with Gasteiger partial charge in [-0.15, -0.1) is 0 Å². The molecule has 1 N–H and O–H groups in total. The number of alkyl halides is 3. The molecule has 0 heterocycles. The Labute approximate surface area is 128 Å². The van der Waals surface area contributed by atoms with Crippen LogP contribution in [0.5, 0.6) is 0 Å². The monoisotopic (exact) mass is 331 g/mol. The molecule has 2 rings (SSSR count). The Morgan fingerprint density at radius 1 is 1.00 bits per heavy atom. The van der Waals surface area contributed by atoms with Gasteiger partial charge in [0.1, 0.15) is 5.57 Å². The van der Waals surface area contributed by atoms with Gasteiger partial charge in [-0.2, -0.15) is 17.7 Å². The van der Waals surface area contributed by atoms with E-state index in [1.54, 1.807) is 30.3 Å². The van der Waals surface area contributed by atoms with Crippen LogP contribution in [0.1, 0.15) is 5.56 Å². The molecule has 0 bridgehead atoms. The summed E-state index contributed by atoms with van der Waals surface area (Å²) in [4.78, 5) is 0.424. The van der Waals surface area contributed by atoms with Crippen molar-refractivity contribution in [3.8, 4) is 0 Å². The second-order valence-corrected chi connectivity index (χ2v) is 5.94. The van der Waals surface area contributed by atoms with Gasteiger partial charge in [0.05, 0.1) is 0 Å². The lowest BCUT2D eigenvalue weighted by atomic mass is 10.1. The summed E-state index contributed by atoms with van der Waals surface area (Å²) in [6, 6.07) is 13.5. The van der Waals surface area contributed by atoms with E-state index >= 15 is 0 Å². The Kier molecular flexibility index (Phi) is 4.98. The Morgan fingerprint density at radius 3 is 2.10 bits per heavy atom. The van der Waals surface area contributed by atoms with E-state index in [2.05, 4.69) is 0 Å². The van der Waals surface area contributed by atoms with Crippen LogP contribution in [-0.2, 0) is 11.2 Å². The molecule has 1 unspecified atom stereocenters. The van der Waals surface area contributed by atoms with E-state index in [1.165, 1.54) is 24.3 Å². The highest BCUT2D eigenvalue weighted by Crippen LogP contribution is 2.35. The molecule has 1 nitrogen and oxygen atoms in total. The van der Waals surface area contributed by atoms with E-state index in [-0.39, 0.29) is 5.56 Å². The molecule has 110 valence electrons. The number of allylic oxidation sites excluding steroid dienone is 1. The maximum Gasteiger partial charge on any atom is 0.421 e. The normalized spacial score (nSPS) is 14.0. The fourth-order valence-electron chi connectivity index (χ4n) is 1.67. The van der Waals surface area contributed by atoms with Gasteiger partial charge in [-0.05, 0) is 29.8 Å². The summed E-state index contributed by atoms with van der Waals surface area (Å²) in [5, 5.41) is 1.19. The zero-order valence-corrected chi connectivity index (χ0v) is 12.2. The van der Waals surface area contributed by atoms with Crippen molar-refractivity contribution in [1.82, 2.24) is 0 Å². The van der Waals surface area contributed by atoms with Gasteiger partial charge in [0.15, 0.2) is 10.3 Å². The molecule has 21 heavy (non-hydrogen) atoms. The molecule has 0 aliphatic carbocycles. The van der Waals surface area contributed by atoms with Gasteiger partial charge >= 0.3 is 6.18 Å². The van der Waals surface area contributed by atoms with Crippen LogP contribution in [0, 0.1) is 0 Å². The van der Waals surface area contributed by atoms with Crippen LogP contribution in [0.15, 0.2) is 64.9 Å². The number of hydrogen-bond acceptors (Lipinski definition) is 1. The highest BCUT2D eigenvalue weighted by Gasteiger charge is 2.38. The molecule has 0 saturated heterocycles. The topological polar surface area (TPSA) is 20.2 Å². The predicted octanol–water partition coefficient (Wildman–Crippen LogP) is 5.39. The molecule has 0 fully saturated rings. The maximum atomic E-state index is 13.2. The lowest BCUT2D eigenvalue weighted by molar-refractivity contribution is -0.0688. The van der Waals surface area contributed by atoms with Crippen molar-refractivity contribution >= 4 is 28.3 Å². The molecular formula is C15H11ClF3OS+. The summed E-state index contributed by atoms with van der Waals surface area (Å²) >= 11 is 4.05. The lowest BCUT2D eigenvalue weighted by Crippen LogP contribution is -2.13. The summed E-state index contributed by atoms with van der Waals surface area (Å²) in [6.45, 7) is 0. The van der Waals surface area contributed by atoms with E-state index in [0.717, 1.165) is 5.41 Å². The van der Waals surface area contributed by atoms with Crippen molar-refractivity contribution in [2.45, 2.75) is 11.1 Å². The smallest absolute Gasteiger partial charge is 0.176 e. The molecule has 2 aromatic rings. The van der Waals surface area contributed by atoms with E-state index < -0.39 is 22.9 Å². The Bertz CT molecular complexity index is 624. The van der Waals surface area contributed by atoms with Crippen molar-refractivity contribution in [3.05, 3.63) is 70.6 Å². The third-order valence-corrected chi connectivity index (χ3v) is 4.14. The molecule has 1 atom stereocenters. The van der Waals surface area contributed by atoms with Crippen LogP contribution in [0.2, 0.25) is 5.02 Å². The van der Waals surface area contributed by atoms with Crippen LogP contribution >= 0.6 is 11.6 Å². The second-order valence-electron chi connectivity index (χ2n) is 4.16. The first-order chi connectivity index (χ1) is 9.88. The minimum atomic E-state index is -4.56. The third-order valence-electron chi connectivity index (χ3n) is 2.67. The molecule has 0 saturated carbocycles. The van der Waals surface area contributed by atoms with Gasteiger partial charge in [0, 0.05) is 5.02 Å². The summed E-state index contributed by atoms with van der Waals surface area (Å²) in [5.74, 6) is 0. The number of benzene rings is 2. The lowest BCUT2D eigenvalue weighted by Gasteiger charge is -2.10. The van der Waals surface area contributed by atoms with Gasteiger partial charge in [0.25, 0.3) is 0 Å². The molecule has 0 amide bonds. The maximum absolute atomic E-state index is 13.2. The number of halogens is 4. The second kappa shape index (κ2) is 6.56. The fourth-order valence-corrected chi connectivity index (χ4v) is 2.86. The first kappa shape index (κ1) is 15.9. The fraction of sp³-hybridized carbons (Fsp3) is 0.0667. The first-order valence-corrected chi connectivity index (χ1v) is 7.52. The van der Waals surface area contributed by atoms with Crippen molar-refractivity contribution in [1.29, 1.82) is 0 Å². The van der Waals surface area contributed by atoms with Crippen molar-refractivity contribution in [2.75, 3.05) is 0 Å². The highest BCUT2D eigenvalue weighted by molar-refractivity contribution is 7.94. The van der Waals surface area contributed by atoms with Gasteiger partial charge in [-0.1, -0.05) is 41.9 Å². The van der Waals surface area contributed by atoms with Crippen LogP contribution in [0.25, 0.3) is 5.57 Å². The summed E-state index contributed by atoms with van der Waals surface area (Å²) in [5.41, 5.74) is -0.914. The van der Waals surface area contributed by atoms with Gasteiger partial charge in [0.2, 0.25) is 11.2 Å². The van der Waals surface area contributed by atoms with Crippen LogP contribution < -0.4 is 0 Å². The van der Waals surface area contributed by atoms with E-state index in [4.69, 9.17) is 11.6 Å². The van der Waals surface area contributed by atoms with Gasteiger partial charge in [-0.3, -0.25) is 0 Å². The highest BCUT2D eigenvalue weighted by atomic mass is 35.5. The van der Waals surface area contributed by atoms with Crippen molar-refractivity contribution < 1.29 is 17.7 Å². The van der Waals surface area contributed by atoms with E-state index in [0.29, 0.717) is 9.92 Å². The zero-order valence-electron chi connectivity index (χ0n) is 10.6. The number of hydrogen-bond donors (Lipinski definition) is 1. The van der Waals surface area contributed by atoms with E-state index in [1.807, 2.05) is 0 Å². The molecular weight excluding hydrogens is 321 g/mol. The average molecular weight is 332 g/mol. The minimum absolute atomic E-state index is 0.0330. The quantitative estimate of drug-likeness (QED) is 0.747. The van der Waals surface area contributed by atoms with Crippen LogP contribution in [0.3, 0.4) is 0 Å². The Morgan fingerprint density at radius 2 is 1.57 bits per heavy atom. The van der Waals surface area contributed by atoms with Gasteiger partial charge in [-0.25, -0.2) is 0 Å². The average Bonchev–Trinajstić information content (AvgIpc) is 2.45. The summed E-state index contributed by atoms with van der Waals surface area (Å²) in [6.07, 6.45) is -4.56. The summed E-state index contributed by atoms with van der Waals surface area (Å²) in [7, 11) is 0. The van der Waals surface area contributed by atoms with E-state index in [9.17, 15) is 17.7 Å².